The second-order valence-corrected chi connectivity index (χ2v) is 5.85. The maximum absolute atomic E-state index is 12.6. The molecule has 0 N–H and O–H groups in total. The Morgan fingerprint density at radius 1 is 1.24 bits per heavy atom. The molecule has 0 spiro atoms. The number of methoxy groups -OCH3 is 1. The van der Waals surface area contributed by atoms with Crippen molar-refractivity contribution in [2.24, 2.45) is 0 Å². The smallest absolute Gasteiger partial charge is 0.212 e. The van der Waals surface area contributed by atoms with Crippen LogP contribution in [0.5, 0.6) is 5.88 Å². The van der Waals surface area contributed by atoms with Crippen LogP contribution in [0.3, 0.4) is 0 Å². The van der Waals surface area contributed by atoms with Gasteiger partial charge in [-0.3, -0.25) is 4.79 Å². The molecule has 2 aromatic rings. The maximum Gasteiger partial charge on any atom is 0.212 e. The van der Waals surface area contributed by atoms with Crippen molar-refractivity contribution in [2.75, 3.05) is 7.11 Å². The number of aryl methyl sites for hydroxylation is 1. The lowest BCUT2D eigenvalue weighted by Gasteiger charge is -2.17. The summed E-state index contributed by atoms with van der Waals surface area (Å²) in [6, 6.07) is 9.60. The van der Waals surface area contributed by atoms with Crippen LogP contribution in [-0.4, -0.2) is 17.9 Å². The highest BCUT2D eigenvalue weighted by Crippen LogP contribution is 2.28. The summed E-state index contributed by atoms with van der Waals surface area (Å²) in [6.07, 6.45) is 5.29. The number of carbonyl (C=O) groups is 1. The van der Waals surface area contributed by atoms with E-state index in [0.717, 1.165) is 39.6 Å². The standard InChI is InChI=1S/C17H14BrNO2/c1-21-16-7-2-11(10-19-16)8-13-4-3-12-5-6-14(18)9-15(12)17(13)20/h2,5-10H,3-4H2,1H3/b13-8+. The number of carbonyl (C=O) groups excluding carboxylic acids is 1. The van der Waals surface area contributed by atoms with Crippen LogP contribution in [0.25, 0.3) is 6.08 Å². The van der Waals surface area contributed by atoms with E-state index in [1.54, 1.807) is 19.4 Å². The highest BCUT2D eigenvalue weighted by Gasteiger charge is 2.21. The lowest BCUT2D eigenvalue weighted by atomic mass is 9.86. The molecule has 0 saturated heterocycles. The minimum absolute atomic E-state index is 0.105. The number of ketones is 1. The van der Waals surface area contributed by atoms with Crippen LogP contribution in [0, 0.1) is 0 Å². The Labute approximate surface area is 131 Å². The van der Waals surface area contributed by atoms with Crippen molar-refractivity contribution in [2.45, 2.75) is 12.8 Å². The molecule has 106 valence electrons. The molecule has 3 rings (SSSR count). The second kappa shape index (κ2) is 5.82. The van der Waals surface area contributed by atoms with Gasteiger partial charge >= 0.3 is 0 Å². The fourth-order valence-electron chi connectivity index (χ4n) is 2.47. The average Bonchev–Trinajstić information content (AvgIpc) is 2.51. The van der Waals surface area contributed by atoms with E-state index in [1.165, 1.54) is 0 Å². The zero-order valence-electron chi connectivity index (χ0n) is 11.6. The monoisotopic (exact) mass is 343 g/mol. The molecule has 1 aliphatic rings. The Kier molecular flexibility index (Phi) is 3.88. The molecule has 0 fully saturated rings. The molecule has 0 saturated carbocycles. The third-order valence-corrected chi connectivity index (χ3v) is 4.07. The van der Waals surface area contributed by atoms with Gasteiger partial charge in [0.1, 0.15) is 0 Å². The third kappa shape index (κ3) is 2.90. The lowest BCUT2D eigenvalue weighted by Crippen LogP contribution is -2.14. The molecule has 1 aliphatic carbocycles. The number of Topliss-reactive ketones (excluding diaryl/α,β-unsaturated/α-hetero) is 1. The zero-order chi connectivity index (χ0) is 14.8. The summed E-state index contributed by atoms with van der Waals surface area (Å²) in [6.45, 7) is 0. The van der Waals surface area contributed by atoms with Crippen LogP contribution in [-0.2, 0) is 6.42 Å². The topological polar surface area (TPSA) is 39.2 Å². The van der Waals surface area contributed by atoms with E-state index in [1.807, 2.05) is 30.3 Å². The summed E-state index contributed by atoms with van der Waals surface area (Å²) in [7, 11) is 1.58. The van der Waals surface area contributed by atoms with Crippen molar-refractivity contribution < 1.29 is 9.53 Å². The molecule has 4 heteroatoms. The minimum atomic E-state index is 0.105. The number of halogens is 1. The van der Waals surface area contributed by atoms with Crippen LogP contribution >= 0.6 is 15.9 Å². The van der Waals surface area contributed by atoms with Gasteiger partial charge in [-0.05, 0) is 48.2 Å². The van der Waals surface area contributed by atoms with Gasteiger partial charge in [-0.25, -0.2) is 4.98 Å². The van der Waals surface area contributed by atoms with E-state index in [0.29, 0.717) is 5.88 Å². The molecule has 0 aliphatic heterocycles. The van der Waals surface area contributed by atoms with Crippen LogP contribution in [0.15, 0.2) is 46.6 Å². The molecule has 1 aromatic heterocycles. The average molecular weight is 344 g/mol. The largest absolute Gasteiger partial charge is 0.481 e. The van der Waals surface area contributed by atoms with Crippen LogP contribution in [0.4, 0.5) is 0 Å². The van der Waals surface area contributed by atoms with Crippen molar-refractivity contribution >= 4 is 27.8 Å². The number of aromatic nitrogens is 1. The molecule has 3 nitrogen and oxygen atoms in total. The van der Waals surface area contributed by atoms with E-state index >= 15 is 0 Å². The first kappa shape index (κ1) is 14.0. The van der Waals surface area contributed by atoms with Crippen molar-refractivity contribution in [3.8, 4) is 5.88 Å². The molecule has 0 radical (unpaired) electrons. The SMILES string of the molecule is COc1ccc(/C=C2\CCc3ccc(Br)cc3C2=O)cn1. The molecule has 0 bridgehead atoms. The molecule has 0 atom stereocenters. The van der Waals surface area contributed by atoms with Crippen LogP contribution in [0.2, 0.25) is 0 Å². The van der Waals surface area contributed by atoms with E-state index < -0.39 is 0 Å². The zero-order valence-corrected chi connectivity index (χ0v) is 13.2. The molecule has 1 aromatic carbocycles. The normalized spacial score (nSPS) is 15.9. The minimum Gasteiger partial charge on any atom is -0.481 e. The number of benzene rings is 1. The van der Waals surface area contributed by atoms with Gasteiger partial charge in [0.2, 0.25) is 5.88 Å². The summed E-state index contributed by atoms with van der Waals surface area (Å²) in [5, 5.41) is 0. The van der Waals surface area contributed by atoms with Crippen LogP contribution in [0.1, 0.15) is 27.9 Å². The fourth-order valence-corrected chi connectivity index (χ4v) is 2.83. The van der Waals surface area contributed by atoms with E-state index in [9.17, 15) is 4.79 Å². The fraction of sp³-hybridized carbons (Fsp3) is 0.176. The van der Waals surface area contributed by atoms with E-state index in [4.69, 9.17) is 4.74 Å². The first-order valence-corrected chi connectivity index (χ1v) is 7.50. The third-order valence-electron chi connectivity index (χ3n) is 3.58. The van der Waals surface area contributed by atoms with E-state index in [-0.39, 0.29) is 5.78 Å². The van der Waals surface area contributed by atoms with Gasteiger partial charge in [-0.1, -0.05) is 22.0 Å². The summed E-state index contributed by atoms with van der Waals surface area (Å²) in [5.41, 5.74) is 3.65. The summed E-state index contributed by atoms with van der Waals surface area (Å²) < 4.78 is 5.97. The Hall–Kier alpha value is -1.94. The predicted octanol–water partition coefficient (Wildman–Crippen LogP) is 4.07. The summed E-state index contributed by atoms with van der Waals surface area (Å²) >= 11 is 3.42. The van der Waals surface area contributed by atoms with Gasteiger partial charge in [0.05, 0.1) is 7.11 Å². The maximum atomic E-state index is 12.6. The molecular weight excluding hydrogens is 330 g/mol. The molecule has 0 amide bonds. The van der Waals surface area contributed by atoms with Gasteiger partial charge in [-0.2, -0.15) is 0 Å². The number of allylic oxidation sites excluding steroid dienone is 1. The summed E-state index contributed by atoms with van der Waals surface area (Å²) in [4.78, 5) is 16.7. The summed E-state index contributed by atoms with van der Waals surface area (Å²) in [5.74, 6) is 0.676. The number of ether oxygens (including phenoxy) is 1. The highest BCUT2D eigenvalue weighted by molar-refractivity contribution is 9.10. The van der Waals surface area contributed by atoms with Gasteiger partial charge in [0.25, 0.3) is 0 Å². The molecule has 1 heterocycles. The van der Waals surface area contributed by atoms with Gasteiger partial charge in [0.15, 0.2) is 5.78 Å². The van der Waals surface area contributed by atoms with Gasteiger partial charge in [0, 0.05) is 27.9 Å². The Balaban J connectivity index is 1.93. The van der Waals surface area contributed by atoms with E-state index in [2.05, 4.69) is 20.9 Å². The van der Waals surface area contributed by atoms with Crippen molar-refractivity contribution in [1.82, 2.24) is 4.98 Å². The van der Waals surface area contributed by atoms with Crippen molar-refractivity contribution in [3.63, 3.8) is 0 Å². The number of nitrogens with zero attached hydrogens (tertiary/aromatic N) is 1. The van der Waals surface area contributed by atoms with Crippen molar-refractivity contribution in [3.05, 3.63) is 63.3 Å². The first-order chi connectivity index (χ1) is 10.2. The number of hydrogen-bond acceptors (Lipinski definition) is 3. The first-order valence-electron chi connectivity index (χ1n) is 6.71. The Bertz CT molecular complexity index is 720. The number of pyridine rings is 1. The van der Waals surface area contributed by atoms with Crippen molar-refractivity contribution in [1.29, 1.82) is 0 Å². The molecular formula is C17H14BrNO2. The number of hydrogen-bond donors (Lipinski definition) is 0. The Morgan fingerprint density at radius 2 is 2.10 bits per heavy atom. The van der Waals surface area contributed by atoms with Crippen LogP contribution < -0.4 is 4.74 Å². The lowest BCUT2D eigenvalue weighted by molar-refractivity contribution is 0.102. The quantitative estimate of drug-likeness (QED) is 0.771. The number of rotatable bonds is 2. The van der Waals surface area contributed by atoms with Gasteiger partial charge in [-0.15, -0.1) is 0 Å². The molecule has 21 heavy (non-hydrogen) atoms. The highest BCUT2D eigenvalue weighted by atomic mass is 79.9. The number of fused-ring (bicyclic) bond motifs is 1. The van der Waals surface area contributed by atoms with Gasteiger partial charge < -0.3 is 4.74 Å². The predicted molar refractivity (Wildman–Crippen MR) is 85.6 cm³/mol. The second-order valence-electron chi connectivity index (χ2n) is 4.93. The Morgan fingerprint density at radius 3 is 2.81 bits per heavy atom. The molecule has 0 unspecified atom stereocenters.